The van der Waals surface area contributed by atoms with Crippen LogP contribution in [0.25, 0.3) is 0 Å². The van der Waals surface area contributed by atoms with Crippen LogP contribution in [0.5, 0.6) is 0 Å². The van der Waals surface area contributed by atoms with E-state index in [9.17, 15) is 24.0 Å². The predicted molar refractivity (Wildman–Crippen MR) is 109 cm³/mol. The lowest BCUT2D eigenvalue weighted by molar-refractivity contribution is -0.384. The SMILES string of the molecule is CC(C)N(Cc1ccc([N+](=O)[O-])cc1)CC(O)(Cn1cncn1)c1ccc(F)cc1F. The van der Waals surface area contributed by atoms with E-state index in [2.05, 4.69) is 10.1 Å². The van der Waals surface area contributed by atoms with Gasteiger partial charge in [-0.05, 0) is 25.5 Å². The van der Waals surface area contributed by atoms with Crippen LogP contribution in [0.15, 0.2) is 55.1 Å². The normalized spacial score (nSPS) is 13.5. The number of halogens is 2. The third-order valence-corrected chi connectivity index (χ3v) is 5.05. The minimum absolute atomic E-state index is 0.00403. The number of hydrogen-bond donors (Lipinski definition) is 1. The van der Waals surface area contributed by atoms with Crippen LogP contribution in [0.1, 0.15) is 25.0 Å². The first-order valence-corrected chi connectivity index (χ1v) is 9.65. The molecule has 0 bridgehead atoms. The van der Waals surface area contributed by atoms with Crippen molar-refractivity contribution in [3.63, 3.8) is 0 Å². The van der Waals surface area contributed by atoms with E-state index in [4.69, 9.17) is 0 Å². The number of nitrogens with zero attached hydrogens (tertiary/aromatic N) is 5. The molecule has 0 saturated heterocycles. The third kappa shape index (κ3) is 5.47. The molecule has 164 valence electrons. The Morgan fingerprint density at radius 1 is 1.23 bits per heavy atom. The summed E-state index contributed by atoms with van der Waals surface area (Å²) in [6.07, 6.45) is 2.71. The number of non-ortho nitro benzene ring substituents is 1. The summed E-state index contributed by atoms with van der Waals surface area (Å²) in [6.45, 7) is 4.10. The molecule has 1 N–H and O–H groups in total. The molecule has 3 aromatic rings. The summed E-state index contributed by atoms with van der Waals surface area (Å²) >= 11 is 0. The first-order chi connectivity index (χ1) is 14.7. The molecule has 0 aliphatic carbocycles. The minimum Gasteiger partial charge on any atom is -0.382 e. The Hall–Kier alpha value is -3.24. The number of nitro groups is 1. The Morgan fingerprint density at radius 2 is 1.94 bits per heavy atom. The van der Waals surface area contributed by atoms with Crippen LogP contribution < -0.4 is 0 Å². The van der Waals surface area contributed by atoms with Gasteiger partial charge in [-0.3, -0.25) is 15.0 Å². The molecule has 1 atom stereocenters. The molecule has 0 spiro atoms. The highest BCUT2D eigenvalue weighted by atomic mass is 19.1. The summed E-state index contributed by atoms with van der Waals surface area (Å²) in [5.74, 6) is -1.60. The van der Waals surface area contributed by atoms with E-state index in [0.29, 0.717) is 6.54 Å². The maximum Gasteiger partial charge on any atom is 0.269 e. The smallest absolute Gasteiger partial charge is 0.269 e. The first kappa shape index (κ1) is 22.4. The van der Waals surface area contributed by atoms with Crippen molar-refractivity contribution < 1.29 is 18.8 Å². The molecule has 31 heavy (non-hydrogen) atoms. The van der Waals surface area contributed by atoms with Gasteiger partial charge in [0.2, 0.25) is 0 Å². The van der Waals surface area contributed by atoms with Crippen LogP contribution in [0.4, 0.5) is 14.5 Å². The van der Waals surface area contributed by atoms with E-state index in [1.54, 1.807) is 12.1 Å². The summed E-state index contributed by atoms with van der Waals surface area (Å²) < 4.78 is 29.5. The van der Waals surface area contributed by atoms with Gasteiger partial charge in [-0.15, -0.1) is 0 Å². The molecule has 1 aromatic heterocycles. The molecular formula is C21H23F2N5O3. The van der Waals surface area contributed by atoms with Gasteiger partial charge in [-0.1, -0.05) is 18.2 Å². The van der Waals surface area contributed by atoms with E-state index in [-0.39, 0.29) is 30.4 Å². The van der Waals surface area contributed by atoms with Crippen molar-refractivity contribution in [1.82, 2.24) is 19.7 Å². The lowest BCUT2D eigenvalue weighted by Gasteiger charge is -2.37. The molecule has 0 aliphatic heterocycles. The lowest BCUT2D eigenvalue weighted by Crippen LogP contribution is -2.46. The summed E-state index contributed by atoms with van der Waals surface area (Å²) in [5, 5.41) is 26.4. The quantitative estimate of drug-likeness (QED) is 0.413. The molecule has 1 unspecified atom stereocenters. The van der Waals surface area contributed by atoms with Crippen LogP contribution in [0.3, 0.4) is 0 Å². The molecular weight excluding hydrogens is 408 g/mol. The summed E-state index contributed by atoms with van der Waals surface area (Å²) in [7, 11) is 0. The minimum atomic E-state index is -1.74. The van der Waals surface area contributed by atoms with Crippen LogP contribution in [-0.4, -0.2) is 42.3 Å². The number of benzene rings is 2. The van der Waals surface area contributed by atoms with Gasteiger partial charge in [0.25, 0.3) is 5.69 Å². The van der Waals surface area contributed by atoms with Crippen LogP contribution in [-0.2, 0) is 18.7 Å². The summed E-state index contributed by atoms with van der Waals surface area (Å²) in [4.78, 5) is 16.2. The van der Waals surface area contributed by atoms with Crippen molar-refractivity contribution in [3.05, 3.63) is 88.0 Å². The Labute approximate surface area is 177 Å². The van der Waals surface area contributed by atoms with E-state index >= 15 is 0 Å². The van der Waals surface area contributed by atoms with Gasteiger partial charge in [-0.25, -0.2) is 18.4 Å². The molecule has 1 heterocycles. The van der Waals surface area contributed by atoms with Gasteiger partial charge < -0.3 is 5.11 Å². The zero-order valence-corrected chi connectivity index (χ0v) is 17.2. The first-order valence-electron chi connectivity index (χ1n) is 9.65. The van der Waals surface area contributed by atoms with Gasteiger partial charge in [0.1, 0.15) is 29.9 Å². The van der Waals surface area contributed by atoms with Crippen molar-refractivity contribution in [2.24, 2.45) is 0 Å². The average Bonchev–Trinajstić information content (AvgIpc) is 3.20. The lowest BCUT2D eigenvalue weighted by atomic mass is 9.91. The standard InChI is InChI=1S/C21H23F2N5O3/c1-15(2)26(10-16-3-6-18(7-4-16)28(30)31)11-21(29,12-27-14-24-13-25-27)19-8-5-17(22)9-20(19)23/h3-9,13-15,29H,10-12H2,1-2H3. The maximum absolute atomic E-state index is 14.6. The third-order valence-electron chi connectivity index (χ3n) is 5.05. The largest absolute Gasteiger partial charge is 0.382 e. The second kappa shape index (κ2) is 9.27. The van der Waals surface area contributed by atoms with Crippen molar-refractivity contribution >= 4 is 5.69 Å². The molecule has 0 saturated carbocycles. The number of aromatic nitrogens is 3. The monoisotopic (exact) mass is 431 g/mol. The number of nitro benzene ring substituents is 1. The zero-order chi connectivity index (χ0) is 22.6. The fourth-order valence-corrected chi connectivity index (χ4v) is 3.38. The highest BCUT2D eigenvalue weighted by Crippen LogP contribution is 2.29. The Bertz CT molecular complexity index is 1030. The highest BCUT2D eigenvalue weighted by Gasteiger charge is 2.36. The maximum atomic E-state index is 14.6. The molecule has 2 aromatic carbocycles. The molecule has 0 amide bonds. The van der Waals surface area contributed by atoms with Crippen molar-refractivity contribution in [3.8, 4) is 0 Å². The fraction of sp³-hybridized carbons (Fsp3) is 0.333. The van der Waals surface area contributed by atoms with Gasteiger partial charge in [-0.2, -0.15) is 5.10 Å². The summed E-state index contributed by atoms with van der Waals surface area (Å²) in [5.41, 5.74) is -1.02. The van der Waals surface area contributed by atoms with Gasteiger partial charge in [0.15, 0.2) is 0 Å². The van der Waals surface area contributed by atoms with E-state index in [1.807, 2.05) is 18.7 Å². The van der Waals surface area contributed by atoms with Gasteiger partial charge >= 0.3 is 0 Å². The fourth-order valence-electron chi connectivity index (χ4n) is 3.38. The second-order valence-corrected chi connectivity index (χ2v) is 7.67. The van der Waals surface area contributed by atoms with E-state index < -0.39 is 22.2 Å². The zero-order valence-electron chi connectivity index (χ0n) is 17.2. The van der Waals surface area contributed by atoms with Crippen molar-refractivity contribution in [2.75, 3.05) is 6.54 Å². The topological polar surface area (TPSA) is 97.3 Å². The van der Waals surface area contributed by atoms with Crippen molar-refractivity contribution in [2.45, 2.75) is 38.6 Å². The molecule has 8 nitrogen and oxygen atoms in total. The second-order valence-electron chi connectivity index (χ2n) is 7.67. The molecule has 3 rings (SSSR count). The van der Waals surface area contributed by atoms with Crippen LogP contribution in [0.2, 0.25) is 0 Å². The molecule has 0 fully saturated rings. The predicted octanol–water partition coefficient (Wildman–Crippen LogP) is 3.26. The highest BCUT2D eigenvalue weighted by molar-refractivity contribution is 5.33. The van der Waals surface area contributed by atoms with Crippen molar-refractivity contribution in [1.29, 1.82) is 0 Å². The van der Waals surface area contributed by atoms with E-state index in [0.717, 1.165) is 17.7 Å². The molecule has 10 heteroatoms. The van der Waals surface area contributed by atoms with Gasteiger partial charge in [0, 0.05) is 42.9 Å². The molecule has 0 radical (unpaired) electrons. The number of aliphatic hydroxyl groups is 1. The summed E-state index contributed by atoms with van der Waals surface area (Å²) in [6, 6.07) is 9.11. The Kier molecular flexibility index (Phi) is 6.71. The number of hydrogen-bond acceptors (Lipinski definition) is 6. The Balaban J connectivity index is 1.92. The average molecular weight is 431 g/mol. The van der Waals surface area contributed by atoms with Gasteiger partial charge in [0.05, 0.1) is 11.5 Å². The number of rotatable bonds is 9. The molecule has 0 aliphatic rings. The van der Waals surface area contributed by atoms with E-state index in [1.165, 1.54) is 35.5 Å². The van der Waals surface area contributed by atoms with Crippen LogP contribution >= 0.6 is 0 Å². The Morgan fingerprint density at radius 3 is 2.48 bits per heavy atom. The van der Waals surface area contributed by atoms with Crippen LogP contribution in [0, 0.1) is 21.7 Å².